The number of halogens is 1. The molecule has 1 N–H and O–H groups in total. The van der Waals surface area contributed by atoms with Crippen LogP contribution in [0, 0.1) is 0 Å². The third kappa shape index (κ3) is 5.08. The molecule has 134 valence electrons. The first-order valence-corrected chi connectivity index (χ1v) is 8.73. The summed E-state index contributed by atoms with van der Waals surface area (Å²) in [5.41, 5.74) is 3.77. The second kappa shape index (κ2) is 8.86. The number of esters is 1. The van der Waals surface area contributed by atoms with E-state index < -0.39 is 11.9 Å². The Labute approximate surface area is 164 Å². The fourth-order valence-electron chi connectivity index (χ4n) is 2.17. The number of hydrogen-bond acceptors (Lipinski definition) is 5. The lowest BCUT2D eigenvalue weighted by molar-refractivity contribution is 0.0734. The van der Waals surface area contributed by atoms with Crippen LogP contribution in [0.15, 0.2) is 82.6 Å². The number of ether oxygens (including phenoxy) is 1. The van der Waals surface area contributed by atoms with Crippen molar-refractivity contribution in [3.63, 3.8) is 0 Å². The maximum atomic E-state index is 12.3. The third-order valence-corrected chi connectivity index (χ3v) is 3.97. The minimum Gasteiger partial charge on any atom is -0.422 e. The molecule has 6 nitrogen and oxygen atoms in total. The van der Waals surface area contributed by atoms with Gasteiger partial charge in [0.05, 0.1) is 17.3 Å². The normalized spacial score (nSPS) is 10.6. The van der Waals surface area contributed by atoms with Crippen LogP contribution in [0.5, 0.6) is 5.75 Å². The first-order valence-electron chi connectivity index (χ1n) is 7.94. The molecule has 1 heterocycles. The Morgan fingerprint density at radius 1 is 1.04 bits per heavy atom. The van der Waals surface area contributed by atoms with Crippen LogP contribution in [-0.2, 0) is 0 Å². The Morgan fingerprint density at radius 2 is 1.81 bits per heavy atom. The lowest BCUT2D eigenvalue weighted by Gasteiger charge is -2.08. The molecule has 7 heteroatoms. The molecule has 0 saturated carbocycles. The molecule has 0 radical (unpaired) electrons. The molecule has 0 saturated heterocycles. The van der Waals surface area contributed by atoms with Gasteiger partial charge in [0.15, 0.2) is 0 Å². The molecule has 27 heavy (non-hydrogen) atoms. The lowest BCUT2D eigenvalue weighted by atomic mass is 10.2. The van der Waals surface area contributed by atoms with Crippen molar-refractivity contribution >= 4 is 34.0 Å². The molecule has 3 aromatic rings. The van der Waals surface area contributed by atoms with Crippen LogP contribution < -0.4 is 10.2 Å². The molecule has 0 bridgehead atoms. The Bertz CT molecular complexity index is 976. The number of amides is 1. The van der Waals surface area contributed by atoms with Crippen molar-refractivity contribution in [2.75, 3.05) is 0 Å². The van der Waals surface area contributed by atoms with Crippen molar-refractivity contribution in [2.24, 2.45) is 5.10 Å². The fourth-order valence-corrected chi connectivity index (χ4v) is 2.55. The summed E-state index contributed by atoms with van der Waals surface area (Å²) in [7, 11) is 0. The number of carbonyl (C=O) groups is 2. The number of nitrogens with zero attached hydrogens (tertiary/aromatic N) is 2. The first kappa shape index (κ1) is 18.5. The van der Waals surface area contributed by atoms with Crippen molar-refractivity contribution < 1.29 is 14.3 Å². The van der Waals surface area contributed by atoms with Crippen molar-refractivity contribution in [2.45, 2.75) is 0 Å². The predicted molar refractivity (Wildman–Crippen MR) is 105 cm³/mol. The van der Waals surface area contributed by atoms with Crippen LogP contribution >= 0.6 is 15.9 Å². The van der Waals surface area contributed by atoms with Crippen LogP contribution in [0.3, 0.4) is 0 Å². The van der Waals surface area contributed by atoms with Crippen molar-refractivity contribution in [3.8, 4) is 5.75 Å². The van der Waals surface area contributed by atoms with E-state index in [-0.39, 0.29) is 0 Å². The van der Waals surface area contributed by atoms with E-state index in [1.54, 1.807) is 60.8 Å². The van der Waals surface area contributed by atoms with Crippen LogP contribution in [0.25, 0.3) is 0 Å². The van der Waals surface area contributed by atoms with Gasteiger partial charge in [-0.15, -0.1) is 0 Å². The van der Waals surface area contributed by atoms with E-state index in [1.165, 1.54) is 12.4 Å². The lowest BCUT2D eigenvalue weighted by Crippen LogP contribution is -2.17. The van der Waals surface area contributed by atoms with Gasteiger partial charge in [-0.2, -0.15) is 5.10 Å². The number of pyridine rings is 1. The Kier molecular flexibility index (Phi) is 6.06. The highest BCUT2D eigenvalue weighted by atomic mass is 79.9. The van der Waals surface area contributed by atoms with E-state index in [9.17, 15) is 9.59 Å². The zero-order valence-corrected chi connectivity index (χ0v) is 15.6. The van der Waals surface area contributed by atoms with E-state index in [1.807, 2.05) is 6.07 Å². The zero-order valence-electron chi connectivity index (χ0n) is 14.0. The van der Waals surface area contributed by atoms with Gasteiger partial charge < -0.3 is 4.74 Å². The van der Waals surface area contributed by atoms with E-state index in [0.29, 0.717) is 22.4 Å². The molecule has 0 aliphatic carbocycles. The number of carbonyl (C=O) groups excluding carboxylic acids is 2. The Balaban J connectivity index is 1.74. The Hall–Kier alpha value is -3.32. The molecule has 0 atom stereocenters. The number of nitrogens with one attached hydrogen (secondary N) is 1. The SMILES string of the molecule is O=C(N/N=C/c1cc(Br)ccc1OC(=O)c1ccccc1)c1cccnc1. The average Bonchev–Trinajstić information content (AvgIpc) is 2.71. The third-order valence-electron chi connectivity index (χ3n) is 3.48. The van der Waals surface area contributed by atoms with Gasteiger partial charge in [-0.3, -0.25) is 9.78 Å². The second-order valence-electron chi connectivity index (χ2n) is 5.38. The van der Waals surface area contributed by atoms with E-state index >= 15 is 0 Å². The molecule has 1 amide bonds. The molecule has 0 unspecified atom stereocenters. The highest BCUT2D eigenvalue weighted by Gasteiger charge is 2.11. The minimum absolute atomic E-state index is 0.325. The molecule has 0 aliphatic heterocycles. The van der Waals surface area contributed by atoms with Crippen LogP contribution in [0.2, 0.25) is 0 Å². The van der Waals surface area contributed by atoms with Gasteiger partial charge in [-0.1, -0.05) is 34.1 Å². The average molecular weight is 424 g/mol. The van der Waals surface area contributed by atoms with Crippen molar-refractivity contribution in [3.05, 3.63) is 94.2 Å². The zero-order chi connectivity index (χ0) is 19.1. The van der Waals surface area contributed by atoms with Gasteiger partial charge in [0, 0.05) is 22.4 Å². The van der Waals surface area contributed by atoms with Crippen molar-refractivity contribution in [1.82, 2.24) is 10.4 Å². The molecule has 0 aliphatic rings. The summed E-state index contributed by atoms with van der Waals surface area (Å²) in [6, 6.07) is 17.1. The summed E-state index contributed by atoms with van der Waals surface area (Å²) in [6.07, 6.45) is 4.43. The molecule has 1 aromatic heterocycles. The number of hydrogen-bond donors (Lipinski definition) is 1. The predicted octanol–water partition coefficient (Wildman–Crippen LogP) is 3.83. The number of aromatic nitrogens is 1. The summed E-state index contributed by atoms with van der Waals surface area (Å²) in [5, 5.41) is 3.94. The standard InChI is InChI=1S/C20H14BrN3O3/c21-17-8-9-18(27-20(26)14-5-2-1-3-6-14)16(11-17)13-23-24-19(25)15-7-4-10-22-12-15/h1-13H,(H,24,25)/b23-13+. The van der Waals surface area contributed by atoms with Crippen molar-refractivity contribution in [1.29, 1.82) is 0 Å². The van der Waals surface area contributed by atoms with Gasteiger partial charge in [-0.05, 0) is 42.5 Å². The van der Waals surface area contributed by atoms with Crippen LogP contribution in [0.1, 0.15) is 26.3 Å². The maximum Gasteiger partial charge on any atom is 0.343 e. The molecule has 0 fully saturated rings. The molecule has 2 aromatic carbocycles. The smallest absolute Gasteiger partial charge is 0.343 e. The Morgan fingerprint density at radius 3 is 2.56 bits per heavy atom. The van der Waals surface area contributed by atoms with E-state index in [4.69, 9.17) is 4.74 Å². The molecular weight excluding hydrogens is 410 g/mol. The molecule has 0 spiro atoms. The number of benzene rings is 2. The summed E-state index contributed by atoms with van der Waals surface area (Å²) < 4.78 is 6.23. The second-order valence-corrected chi connectivity index (χ2v) is 6.29. The van der Waals surface area contributed by atoms with Gasteiger partial charge >= 0.3 is 5.97 Å². The quantitative estimate of drug-likeness (QED) is 0.292. The molecular formula is C20H14BrN3O3. The van der Waals surface area contributed by atoms with Gasteiger partial charge in [0.25, 0.3) is 5.91 Å². The first-order chi connectivity index (χ1) is 13.1. The van der Waals surface area contributed by atoms with E-state index in [0.717, 1.165) is 4.47 Å². The summed E-state index contributed by atoms with van der Waals surface area (Å²) >= 11 is 3.37. The summed E-state index contributed by atoms with van der Waals surface area (Å²) in [4.78, 5) is 28.1. The minimum atomic E-state index is -0.480. The highest BCUT2D eigenvalue weighted by Crippen LogP contribution is 2.23. The number of rotatable bonds is 5. The van der Waals surface area contributed by atoms with Gasteiger partial charge in [-0.25, -0.2) is 10.2 Å². The van der Waals surface area contributed by atoms with Gasteiger partial charge in [0.1, 0.15) is 5.75 Å². The largest absolute Gasteiger partial charge is 0.422 e. The monoisotopic (exact) mass is 423 g/mol. The maximum absolute atomic E-state index is 12.3. The van der Waals surface area contributed by atoms with Gasteiger partial charge in [0.2, 0.25) is 0 Å². The number of hydrazone groups is 1. The summed E-state index contributed by atoms with van der Waals surface area (Å²) in [5.74, 6) is -0.546. The fraction of sp³-hybridized carbons (Fsp3) is 0. The summed E-state index contributed by atoms with van der Waals surface area (Å²) in [6.45, 7) is 0. The topological polar surface area (TPSA) is 80.6 Å². The van der Waals surface area contributed by atoms with Crippen LogP contribution in [-0.4, -0.2) is 23.1 Å². The highest BCUT2D eigenvalue weighted by molar-refractivity contribution is 9.10. The molecule has 3 rings (SSSR count). The van der Waals surface area contributed by atoms with E-state index in [2.05, 4.69) is 31.4 Å². The van der Waals surface area contributed by atoms with Crippen LogP contribution in [0.4, 0.5) is 0 Å².